The molecule has 0 amide bonds. The highest BCUT2D eigenvalue weighted by molar-refractivity contribution is 7.10. The largest absolute Gasteiger partial charge is 0.384 e. The molecule has 1 N–H and O–H groups in total. The van der Waals surface area contributed by atoms with Gasteiger partial charge in [0.15, 0.2) is 0 Å². The molecule has 1 fully saturated rings. The van der Waals surface area contributed by atoms with Crippen LogP contribution in [0.3, 0.4) is 0 Å². The summed E-state index contributed by atoms with van der Waals surface area (Å²) in [5.74, 6) is 1.34. The van der Waals surface area contributed by atoms with Crippen LogP contribution in [0.1, 0.15) is 56.4 Å². The minimum Gasteiger partial charge on any atom is -0.384 e. The number of aryl methyl sites for hydroxylation is 1. The third-order valence-corrected chi connectivity index (χ3v) is 5.78. The Morgan fingerprint density at radius 3 is 2.47 bits per heavy atom. The first-order valence-electron chi connectivity index (χ1n) is 6.82. The van der Waals surface area contributed by atoms with Crippen LogP contribution in [0.25, 0.3) is 0 Å². The minimum atomic E-state index is -0.614. The number of hydrogen-bond donors (Lipinski definition) is 1. The molecule has 0 saturated heterocycles. The fraction of sp³-hybridized carbons (Fsp3) is 0.733. The molecule has 17 heavy (non-hydrogen) atoms. The number of aliphatic hydroxyl groups is 1. The standard InChI is InChI=1S/C15H24OS/c1-4-12-5-7-13(8-6-12)15(3,16)14-11(2)9-10-17-14/h9-10,12-13,16H,4-8H2,1-3H3. The fourth-order valence-electron chi connectivity index (χ4n) is 3.21. The van der Waals surface area contributed by atoms with Gasteiger partial charge in [0.2, 0.25) is 0 Å². The van der Waals surface area contributed by atoms with Gasteiger partial charge in [0.05, 0.1) is 5.60 Å². The minimum absolute atomic E-state index is 0.447. The second kappa shape index (κ2) is 5.11. The molecule has 0 spiro atoms. The molecule has 1 unspecified atom stereocenters. The molecule has 1 aliphatic carbocycles. The summed E-state index contributed by atoms with van der Waals surface area (Å²) in [5, 5.41) is 12.9. The van der Waals surface area contributed by atoms with Gasteiger partial charge in [0, 0.05) is 4.88 Å². The molecule has 2 rings (SSSR count). The Morgan fingerprint density at radius 1 is 1.35 bits per heavy atom. The van der Waals surface area contributed by atoms with Crippen LogP contribution in [0.4, 0.5) is 0 Å². The van der Waals surface area contributed by atoms with Crippen molar-refractivity contribution in [1.29, 1.82) is 0 Å². The summed E-state index contributed by atoms with van der Waals surface area (Å²) >= 11 is 1.71. The van der Waals surface area contributed by atoms with Crippen molar-refractivity contribution in [3.05, 3.63) is 21.9 Å². The van der Waals surface area contributed by atoms with Crippen LogP contribution in [0.15, 0.2) is 11.4 Å². The quantitative estimate of drug-likeness (QED) is 0.841. The SMILES string of the molecule is CCC1CCC(C(C)(O)c2sccc2C)CC1. The zero-order valence-corrected chi connectivity index (χ0v) is 12.0. The van der Waals surface area contributed by atoms with Crippen LogP contribution >= 0.6 is 11.3 Å². The molecule has 1 nitrogen and oxygen atoms in total. The highest BCUT2D eigenvalue weighted by atomic mass is 32.1. The van der Waals surface area contributed by atoms with Gasteiger partial charge in [-0.3, -0.25) is 0 Å². The lowest BCUT2D eigenvalue weighted by molar-refractivity contribution is -0.0249. The van der Waals surface area contributed by atoms with E-state index in [4.69, 9.17) is 0 Å². The van der Waals surface area contributed by atoms with Gasteiger partial charge in [-0.2, -0.15) is 0 Å². The van der Waals surface area contributed by atoms with Crippen molar-refractivity contribution in [3.63, 3.8) is 0 Å². The van der Waals surface area contributed by atoms with Gasteiger partial charge >= 0.3 is 0 Å². The molecule has 2 heteroatoms. The van der Waals surface area contributed by atoms with Crippen molar-refractivity contribution in [1.82, 2.24) is 0 Å². The van der Waals surface area contributed by atoms with E-state index in [2.05, 4.69) is 25.3 Å². The van der Waals surface area contributed by atoms with E-state index in [1.807, 2.05) is 6.92 Å². The molecule has 0 aromatic carbocycles. The molecule has 0 bridgehead atoms. The van der Waals surface area contributed by atoms with Crippen molar-refractivity contribution in [2.24, 2.45) is 11.8 Å². The molecule has 1 aliphatic rings. The van der Waals surface area contributed by atoms with E-state index in [0.29, 0.717) is 5.92 Å². The van der Waals surface area contributed by atoms with E-state index in [9.17, 15) is 5.11 Å². The first-order chi connectivity index (χ1) is 8.05. The van der Waals surface area contributed by atoms with Gasteiger partial charge in [0.1, 0.15) is 0 Å². The Hall–Kier alpha value is -0.340. The fourth-order valence-corrected chi connectivity index (χ4v) is 4.28. The summed E-state index contributed by atoms with van der Waals surface area (Å²) in [7, 11) is 0. The summed E-state index contributed by atoms with van der Waals surface area (Å²) in [6.45, 7) is 6.41. The summed E-state index contributed by atoms with van der Waals surface area (Å²) in [4.78, 5) is 1.18. The highest BCUT2D eigenvalue weighted by Gasteiger charge is 2.37. The maximum Gasteiger partial charge on any atom is 0.0990 e. The Balaban J connectivity index is 2.09. The van der Waals surface area contributed by atoms with Gasteiger partial charge in [0.25, 0.3) is 0 Å². The van der Waals surface area contributed by atoms with Crippen LogP contribution in [0.5, 0.6) is 0 Å². The summed E-state index contributed by atoms with van der Waals surface area (Å²) in [6, 6.07) is 2.12. The van der Waals surface area contributed by atoms with Gasteiger partial charge in [-0.25, -0.2) is 0 Å². The van der Waals surface area contributed by atoms with E-state index < -0.39 is 5.60 Å². The zero-order chi connectivity index (χ0) is 12.5. The van der Waals surface area contributed by atoms with Crippen LogP contribution in [-0.4, -0.2) is 5.11 Å². The van der Waals surface area contributed by atoms with E-state index >= 15 is 0 Å². The summed E-state index contributed by atoms with van der Waals surface area (Å²) in [6.07, 6.45) is 6.25. The third-order valence-electron chi connectivity index (χ3n) is 4.54. The zero-order valence-electron chi connectivity index (χ0n) is 11.2. The average molecular weight is 252 g/mol. The van der Waals surface area contributed by atoms with Crippen LogP contribution < -0.4 is 0 Å². The van der Waals surface area contributed by atoms with Gasteiger partial charge in [-0.05, 0) is 55.5 Å². The maximum atomic E-state index is 10.8. The molecule has 0 aliphatic heterocycles. The highest BCUT2D eigenvalue weighted by Crippen LogP contribution is 2.43. The second-order valence-electron chi connectivity index (χ2n) is 5.71. The van der Waals surface area contributed by atoms with Gasteiger partial charge in [-0.1, -0.05) is 26.2 Å². The molecular weight excluding hydrogens is 228 g/mol. The van der Waals surface area contributed by atoms with Crippen molar-refractivity contribution in [3.8, 4) is 0 Å². The Labute approximate surface area is 109 Å². The van der Waals surface area contributed by atoms with E-state index in [0.717, 1.165) is 5.92 Å². The van der Waals surface area contributed by atoms with Gasteiger partial charge in [-0.15, -0.1) is 11.3 Å². The molecule has 96 valence electrons. The topological polar surface area (TPSA) is 20.2 Å². The van der Waals surface area contributed by atoms with E-state index in [1.165, 1.54) is 42.5 Å². The molecule has 1 aromatic rings. The summed E-state index contributed by atoms with van der Waals surface area (Å²) in [5.41, 5.74) is 0.634. The van der Waals surface area contributed by atoms with Crippen molar-refractivity contribution in [2.75, 3.05) is 0 Å². The van der Waals surface area contributed by atoms with Crippen LogP contribution in [0, 0.1) is 18.8 Å². The monoisotopic (exact) mass is 252 g/mol. The van der Waals surface area contributed by atoms with Crippen LogP contribution in [0.2, 0.25) is 0 Å². The second-order valence-corrected chi connectivity index (χ2v) is 6.62. The lowest BCUT2D eigenvalue weighted by atomic mass is 9.72. The van der Waals surface area contributed by atoms with E-state index in [-0.39, 0.29) is 0 Å². The number of rotatable bonds is 3. The predicted octanol–water partition coefficient (Wildman–Crippen LogP) is 4.48. The Morgan fingerprint density at radius 2 is 2.00 bits per heavy atom. The molecule has 1 aromatic heterocycles. The predicted molar refractivity (Wildman–Crippen MR) is 74.4 cm³/mol. The van der Waals surface area contributed by atoms with Gasteiger partial charge < -0.3 is 5.11 Å². The summed E-state index contributed by atoms with van der Waals surface area (Å²) < 4.78 is 0. The lowest BCUT2D eigenvalue weighted by Crippen LogP contribution is -2.34. The van der Waals surface area contributed by atoms with Crippen LogP contribution in [-0.2, 0) is 5.60 Å². The van der Waals surface area contributed by atoms with Crippen molar-refractivity contribution in [2.45, 2.75) is 58.5 Å². The number of thiophene rings is 1. The normalized spacial score (nSPS) is 28.9. The maximum absolute atomic E-state index is 10.8. The average Bonchev–Trinajstić information content (AvgIpc) is 2.76. The first-order valence-corrected chi connectivity index (χ1v) is 7.70. The molecule has 1 heterocycles. The Bertz CT molecular complexity index is 359. The first kappa shape index (κ1) is 13.1. The van der Waals surface area contributed by atoms with E-state index in [1.54, 1.807) is 11.3 Å². The lowest BCUT2D eigenvalue weighted by Gasteiger charge is -2.38. The van der Waals surface area contributed by atoms with Crippen molar-refractivity contribution < 1.29 is 5.11 Å². The smallest absolute Gasteiger partial charge is 0.0990 e. The third kappa shape index (κ3) is 2.58. The number of hydrogen-bond acceptors (Lipinski definition) is 2. The molecule has 1 atom stereocenters. The molecular formula is C15H24OS. The molecule has 1 saturated carbocycles. The van der Waals surface area contributed by atoms with Crippen molar-refractivity contribution >= 4 is 11.3 Å². The Kier molecular flexibility index (Phi) is 3.94. The molecule has 0 radical (unpaired) electrons.